The quantitative estimate of drug-likeness (QED) is 0.667. The molecule has 0 bridgehead atoms. The van der Waals surface area contributed by atoms with Crippen molar-refractivity contribution >= 4 is 16.0 Å². The first-order chi connectivity index (χ1) is 11.4. The molecule has 0 aliphatic heterocycles. The number of nitrogens with one attached hydrogen (secondary N) is 1. The minimum atomic E-state index is -3.72. The molecule has 0 fully saturated rings. The molecular weight excluding hydrogens is 324 g/mol. The number of sulfonamides is 1. The van der Waals surface area contributed by atoms with Crippen LogP contribution in [0.4, 0.5) is 0 Å². The molecule has 0 atom stereocenters. The maximum Gasteiger partial charge on any atom is 0.298 e. The smallest absolute Gasteiger partial charge is 0.298 e. The van der Waals surface area contributed by atoms with E-state index in [0.29, 0.717) is 12.5 Å². The van der Waals surface area contributed by atoms with Crippen LogP contribution in [-0.2, 0) is 21.3 Å². The molecule has 2 rings (SSSR count). The van der Waals surface area contributed by atoms with Gasteiger partial charge in [-0.2, -0.15) is 0 Å². The molecule has 0 radical (unpaired) electrons. The van der Waals surface area contributed by atoms with Crippen LogP contribution in [0, 0.1) is 0 Å². The first-order valence-electron chi connectivity index (χ1n) is 7.67. The van der Waals surface area contributed by atoms with Crippen molar-refractivity contribution in [1.29, 1.82) is 0 Å². The van der Waals surface area contributed by atoms with E-state index < -0.39 is 10.0 Å². The Labute approximate surface area is 143 Å². The monoisotopic (exact) mass is 346 g/mol. The van der Waals surface area contributed by atoms with E-state index in [-0.39, 0.29) is 10.9 Å². The van der Waals surface area contributed by atoms with E-state index in [0.717, 1.165) is 11.1 Å². The lowest BCUT2D eigenvalue weighted by Crippen LogP contribution is -2.32. The standard InChI is InChI=1S/C18H22N2O3S/c1-14(2)16-9-11-17(12-10-16)24(21,22)20-18(23-3)19-13-15-7-5-4-6-8-15/h4-12,14H,13H2,1-3H3,(H,19,20). The lowest BCUT2D eigenvalue weighted by atomic mass is 10.0. The molecule has 0 saturated heterocycles. The van der Waals surface area contributed by atoms with Crippen LogP contribution < -0.4 is 4.72 Å². The van der Waals surface area contributed by atoms with Gasteiger partial charge in [-0.3, -0.25) is 0 Å². The van der Waals surface area contributed by atoms with Gasteiger partial charge in [0.25, 0.3) is 16.0 Å². The maximum atomic E-state index is 12.4. The third-order valence-electron chi connectivity index (χ3n) is 3.52. The molecule has 0 aromatic heterocycles. The number of aliphatic imine (C=N–C) groups is 1. The van der Waals surface area contributed by atoms with Gasteiger partial charge in [0.1, 0.15) is 0 Å². The Kier molecular flexibility index (Phi) is 5.98. The molecule has 0 unspecified atom stereocenters. The summed E-state index contributed by atoms with van der Waals surface area (Å²) in [5.41, 5.74) is 2.05. The summed E-state index contributed by atoms with van der Waals surface area (Å²) in [6.45, 7) is 4.45. The highest BCUT2D eigenvalue weighted by Crippen LogP contribution is 2.17. The molecule has 6 heteroatoms. The highest BCUT2D eigenvalue weighted by molar-refractivity contribution is 7.90. The third kappa shape index (κ3) is 4.83. The fraction of sp³-hybridized carbons (Fsp3) is 0.278. The van der Waals surface area contributed by atoms with E-state index in [1.165, 1.54) is 7.11 Å². The van der Waals surface area contributed by atoms with E-state index >= 15 is 0 Å². The first kappa shape index (κ1) is 18.0. The SMILES string of the molecule is COC(=NCc1ccccc1)NS(=O)(=O)c1ccc(C(C)C)cc1. The zero-order valence-electron chi connectivity index (χ0n) is 14.1. The van der Waals surface area contributed by atoms with Crippen LogP contribution in [0.2, 0.25) is 0 Å². The molecule has 0 amide bonds. The summed E-state index contributed by atoms with van der Waals surface area (Å²) in [4.78, 5) is 4.35. The Balaban J connectivity index is 2.13. The molecule has 0 heterocycles. The summed E-state index contributed by atoms with van der Waals surface area (Å²) in [5, 5.41) is 0. The summed E-state index contributed by atoms with van der Waals surface area (Å²) in [7, 11) is -2.34. The van der Waals surface area contributed by atoms with Crippen molar-refractivity contribution < 1.29 is 13.2 Å². The molecule has 2 aromatic carbocycles. The zero-order chi connectivity index (χ0) is 17.6. The fourth-order valence-corrected chi connectivity index (χ4v) is 3.08. The van der Waals surface area contributed by atoms with Gasteiger partial charge in [0.05, 0.1) is 18.6 Å². The molecule has 0 saturated carbocycles. The van der Waals surface area contributed by atoms with Crippen LogP contribution in [0.1, 0.15) is 30.9 Å². The van der Waals surface area contributed by atoms with Gasteiger partial charge in [0.15, 0.2) is 0 Å². The number of methoxy groups -OCH3 is 1. The second-order valence-corrected chi connectivity index (χ2v) is 7.32. The van der Waals surface area contributed by atoms with Gasteiger partial charge >= 0.3 is 0 Å². The highest BCUT2D eigenvalue weighted by Gasteiger charge is 2.17. The number of rotatable bonds is 5. The average Bonchev–Trinajstić information content (AvgIpc) is 2.59. The lowest BCUT2D eigenvalue weighted by molar-refractivity contribution is 0.387. The van der Waals surface area contributed by atoms with Crippen LogP contribution in [0.5, 0.6) is 0 Å². The van der Waals surface area contributed by atoms with Crippen LogP contribution in [-0.4, -0.2) is 21.5 Å². The Morgan fingerprint density at radius 2 is 1.71 bits per heavy atom. The zero-order valence-corrected chi connectivity index (χ0v) is 14.9. The van der Waals surface area contributed by atoms with Crippen molar-refractivity contribution in [3.05, 3.63) is 65.7 Å². The number of nitrogens with zero attached hydrogens (tertiary/aromatic N) is 1. The summed E-state index contributed by atoms with van der Waals surface area (Å²) in [6, 6.07) is 16.3. The van der Waals surface area contributed by atoms with Gasteiger partial charge in [-0.25, -0.2) is 18.1 Å². The van der Waals surface area contributed by atoms with Crippen LogP contribution in [0.15, 0.2) is 64.5 Å². The molecule has 0 aliphatic carbocycles. The minimum absolute atomic E-state index is 0.0354. The van der Waals surface area contributed by atoms with Crippen molar-refractivity contribution in [3.63, 3.8) is 0 Å². The summed E-state index contributed by atoms with van der Waals surface area (Å²) in [5.74, 6) is 0.344. The fourth-order valence-electron chi connectivity index (χ4n) is 2.09. The summed E-state index contributed by atoms with van der Waals surface area (Å²) < 4.78 is 32.3. The number of hydrogen-bond acceptors (Lipinski definition) is 4. The molecule has 1 N–H and O–H groups in total. The second-order valence-electron chi connectivity index (χ2n) is 5.64. The molecule has 128 valence electrons. The van der Waals surface area contributed by atoms with Crippen LogP contribution >= 0.6 is 0 Å². The Hall–Kier alpha value is -2.34. The van der Waals surface area contributed by atoms with Crippen LogP contribution in [0.3, 0.4) is 0 Å². The number of ether oxygens (including phenoxy) is 1. The van der Waals surface area contributed by atoms with Gasteiger partial charge in [-0.05, 0) is 29.2 Å². The normalized spacial score (nSPS) is 12.2. The highest BCUT2D eigenvalue weighted by atomic mass is 32.2. The molecule has 0 spiro atoms. The van der Waals surface area contributed by atoms with Crippen LogP contribution in [0.25, 0.3) is 0 Å². The molecule has 24 heavy (non-hydrogen) atoms. The predicted octanol–water partition coefficient (Wildman–Crippen LogP) is 3.29. The number of benzene rings is 2. The average molecular weight is 346 g/mol. The Morgan fingerprint density at radius 1 is 1.08 bits per heavy atom. The number of hydrogen-bond donors (Lipinski definition) is 1. The maximum absolute atomic E-state index is 12.4. The van der Waals surface area contributed by atoms with E-state index in [2.05, 4.69) is 23.6 Å². The first-order valence-corrected chi connectivity index (χ1v) is 9.16. The molecule has 0 aliphatic rings. The second kappa shape index (κ2) is 7.97. The number of amidine groups is 1. The van der Waals surface area contributed by atoms with Crippen molar-refractivity contribution in [2.75, 3.05) is 7.11 Å². The van der Waals surface area contributed by atoms with E-state index in [1.807, 2.05) is 42.5 Å². The largest absolute Gasteiger partial charge is 0.468 e. The van der Waals surface area contributed by atoms with E-state index in [1.54, 1.807) is 12.1 Å². The molecular formula is C18H22N2O3S. The van der Waals surface area contributed by atoms with Gasteiger partial charge in [-0.15, -0.1) is 0 Å². The lowest BCUT2D eigenvalue weighted by Gasteiger charge is -2.11. The third-order valence-corrected chi connectivity index (χ3v) is 4.86. The topological polar surface area (TPSA) is 67.8 Å². The molecule has 5 nitrogen and oxygen atoms in total. The summed E-state index contributed by atoms with van der Waals surface area (Å²) >= 11 is 0. The van der Waals surface area contributed by atoms with Gasteiger partial charge < -0.3 is 4.74 Å². The Morgan fingerprint density at radius 3 is 2.25 bits per heavy atom. The van der Waals surface area contributed by atoms with Gasteiger partial charge in [0.2, 0.25) is 0 Å². The Bertz CT molecular complexity index is 783. The predicted molar refractivity (Wildman–Crippen MR) is 95.4 cm³/mol. The van der Waals surface area contributed by atoms with Crippen molar-refractivity contribution in [1.82, 2.24) is 4.72 Å². The van der Waals surface area contributed by atoms with Crippen molar-refractivity contribution in [2.24, 2.45) is 4.99 Å². The summed E-state index contributed by atoms with van der Waals surface area (Å²) in [6.07, 6.45) is 0. The minimum Gasteiger partial charge on any atom is -0.468 e. The van der Waals surface area contributed by atoms with E-state index in [9.17, 15) is 8.42 Å². The molecule has 2 aromatic rings. The van der Waals surface area contributed by atoms with Gasteiger partial charge in [0, 0.05) is 0 Å². The van der Waals surface area contributed by atoms with Gasteiger partial charge in [-0.1, -0.05) is 56.3 Å². The van der Waals surface area contributed by atoms with Crippen molar-refractivity contribution in [2.45, 2.75) is 31.2 Å². The van der Waals surface area contributed by atoms with E-state index in [4.69, 9.17) is 4.74 Å². The van der Waals surface area contributed by atoms with Crippen molar-refractivity contribution in [3.8, 4) is 0 Å².